The van der Waals surface area contributed by atoms with Crippen LogP contribution in [-0.2, 0) is 19.5 Å². The Hall–Kier alpha value is 0.803. The van der Waals surface area contributed by atoms with Gasteiger partial charge in [0, 0.05) is 30.4 Å². The van der Waals surface area contributed by atoms with Crippen molar-refractivity contribution in [3.8, 4) is 0 Å². The molecule has 0 unspecified atom stereocenters. The molecule has 0 heterocycles. The Morgan fingerprint density at radius 3 is 2.30 bits per heavy atom. The van der Waals surface area contributed by atoms with Crippen LogP contribution in [0.25, 0.3) is 0 Å². The minimum absolute atomic E-state index is 0. The predicted molar refractivity (Wildman–Crippen MR) is 39.6 cm³/mol. The molecule has 0 saturated carbocycles. The average molecular weight is 315 g/mol. The van der Waals surface area contributed by atoms with Gasteiger partial charge in [0.1, 0.15) is 0 Å². The second-order valence-corrected chi connectivity index (χ2v) is 2.55. The van der Waals surface area contributed by atoms with E-state index < -0.39 is 0 Å². The molecule has 3 heteroatoms. The molecule has 0 aromatic rings. The number of halogens is 2. The van der Waals surface area contributed by atoms with Gasteiger partial charge >= 0.3 is 0 Å². The Labute approximate surface area is 93.1 Å². The van der Waals surface area contributed by atoms with Crippen LogP contribution in [0.1, 0.15) is 0 Å². The molecule has 1 aliphatic rings. The van der Waals surface area contributed by atoms with E-state index in [0.29, 0.717) is 0 Å². The molecule has 0 saturated heterocycles. The molecule has 1 rings (SSSR count). The largest absolute Gasteiger partial charge is 1.00 e. The third-order valence-corrected chi connectivity index (χ3v) is 1.38. The zero-order valence-electron chi connectivity index (χ0n) is 5.48. The Kier molecular flexibility index (Phi) is 8.72. The van der Waals surface area contributed by atoms with Crippen molar-refractivity contribution in [1.82, 2.24) is 0 Å². The van der Waals surface area contributed by atoms with Crippen LogP contribution in [0.15, 0.2) is 34.9 Å². The van der Waals surface area contributed by atoms with Crippen molar-refractivity contribution in [2.75, 3.05) is 0 Å². The molecule has 0 N–H and O–H groups in total. The van der Waals surface area contributed by atoms with Crippen molar-refractivity contribution in [2.24, 2.45) is 0 Å². The van der Waals surface area contributed by atoms with Crippen molar-refractivity contribution >= 4 is 15.9 Å². The van der Waals surface area contributed by atoms with Gasteiger partial charge in [-0.25, -0.2) is 0 Å². The molecule has 0 aliphatic heterocycles. The number of rotatable bonds is 0. The van der Waals surface area contributed by atoms with E-state index in [0.717, 1.165) is 10.1 Å². The van der Waals surface area contributed by atoms with Crippen molar-refractivity contribution in [3.05, 3.63) is 41.3 Å². The van der Waals surface area contributed by atoms with Gasteiger partial charge in [-0.1, -0.05) is 40.7 Å². The zero-order valence-corrected chi connectivity index (χ0v) is 11.6. The van der Waals surface area contributed by atoms with Crippen molar-refractivity contribution in [1.29, 1.82) is 0 Å². The summed E-state index contributed by atoms with van der Waals surface area (Å²) in [6.07, 6.45) is 7.88. The molecule has 0 atom stereocenters. The van der Waals surface area contributed by atoms with E-state index in [1.54, 1.807) is 0 Å². The Morgan fingerprint density at radius 1 is 1.40 bits per heavy atom. The summed E-state index contributed by atoms with van der Waals surface area (Å²) in [5.41, 5.74) is 1.04. The van der Waals surface area contributed by atoms with Crippen LogP contribution in [0.5, 0.6) is 0 Å². The summed E-state index contributed by atoms with van der Waals surface area (Å²) in [7, 11) is 0. The van der Waals surface area contributed by atoms with Crippen molar-refractivity contribution in [3.63, 3.8) is 0 Å². The Balaban J connectivity index is 0. The smallest absolute Gasteiger partial charge is 0.0264 e. The topological polar surface area (TPSA) is 0 Å². The Bertz CT molecular complexity index is 170. The van der Waals surface area contributed by atoms with E-state index in [2.05, 4.69) is 22.5 Å². The molecule has 0 bridgehead atoms. The summed E-state index contributed by atoms with van der Waals surface area (Å²) < 4.78 is 1.09. The summed E-state index contributed by atoms with van der Waals surface area (Å²) in [5, 5.41) is 0. The van der Waals surface area contributed by atoms with Crippen LogP contribution in [0.2, 0.25) is 0 Å². The van der Waals surface area contributed by atoms with Crippen LogP contribution in [-0.4, -0.2) is 0 Å². The second kappa shape index (κ2) is 6.51. The van der Waals surface area contributed by atoms with E-state index >= 15 is 0 Å². The SMILES string of the molecule is C=C1[CH]C(Br)=CC=C1.[Br-].[Zn]. The fraction of sp³-hybridized carbons (Fsp3) is 0. The predicted octanol–water partition coefficient (Wildman–Crippen LogP) is -0.403. The van der Waals surface area contributed by atoms with Crippen molar-refractivity contribution < 1.29 is 36.5 Å². The summed E-state index contributed by atoms with van der Waals surface area (Å²) in [4.78, 5) is 0. The maximum absolute atomic E-state index is 3.75. The first-order valence-electron chi connectivity index (χ1n) is 2.36. The summed E-state index contributed by atoms with van der Waals surface area (Å²) in [6, 6.07) is 0. The number of allylic oxidation sites excluding steroid dienone is 5. The molecule has 0 spiro atoms. The van der Waals surface area contributed by atoms with Crippen LogP contribution >= 0.6 is 15.9 Å². The second-order valence-electron chi connectivity index (χ2n) is 1.63. The molecular formula is C7H6Br2Zn-. The van der Waals surface area contributed by atoms with Gasteiger partial charge in [-0.15, -0.1) is 0 Å². The van der Waals surface area contributed by atoms with Gasteiger partial charge in [-0.3, -0.25) is 0 Å². The van der Waals surface area contributed by atoms with Gasteiger partial charge in [0.25, 0.3) is 0 Å². The van der Waals surface area contributed by atoms with E-state index in [1.807, 2.05) is 24.6 Å². The van der Waals surface area contributed by atoms with Crippen LogP contribution < -0.4 is 17.0 Å². The van der Waals surface area contributed by atoms with Crippen LogP contribution in [0, 0.1) is 6.42 Å². The van der Waals surface area contributed by atoms with E-state index in [9.17, 15) is 0 Å². The van der Waals surface area contributed by atoms with E-state index in [1.165, 1.54) is 0 Å². The molecule has 0 fully saturated rings. The average Bonchev–Trinajstić information content (AvgIpc) is 1.64. The van der Waals surface area contributed by atoms with Crippen molar-refractivity contribution in [2.45, 2.75) is 0 Å². The van der Waals surface area contributed by atoms with Gasteiger partial charge in [0.05, 0.1) is 0 Å². The third kappa shape index (κ3) is 4.59. The molecule has 1 radical (unpaired) electrons. The van der Waals surface area contributed by atoms with Gasteiger partial charge in [-0.2, -0.15) is 0 Å². The molecule has 0 aromatic carbocycles. The maximum Gasteiger partial charge on any atom is 0.0264 e. The minimum Gasteiger partial charge on any atom is -1.00 e. The van der Waals surface area contributed by atoms with Crippen LogP contribution in [0.3, 0.4) is 0 Å². The van der Waals surface area contributed by atoms with E-state index in [4.69, 9.17) is 0 Å². The fourth-order valence-corrected chi connectivity index (χ4v) is 0.984. The van der Waals surface area contributed by atoms with E-state index in [-0.39, 0.29) is 36.5 Å². The molecule has 0 aromatic heterocycles. The first-order valence-corrected chi connectivity index (χ1v) is 3.16. The van der Waals surface area contributed by atoms with Gasteiger partial charge in [0.15, 0.2) is 0 Å². The van der Waals surface area contributed by atoms with Gasteiger partial charge < -0.3 is 17.0 Å². The molecule has 51 valence electrons. The molecule has 0 amide bonds. The monoisotopic (exact) mass is 312 g/mol. The minimum atomic E-state index is 0. The molecular weight excluding hydrogens is 309 g/mol. The first-order chi connectivity index (χ1) is 3.79. The molecule has 0 nitrogen and oxygen atoms in total. The summed E-state index contributed by atoms with van der Waals surface area (Å²) in [6.45, 7) is 3.75. The maximum atomic E-state index is 3.75. The molecule has 1 aliphatic carbocycles. The number of hydrogen-bond acceptors (Lipinski definition) is 0. The fourth-order valence-electron chi connectivity index (χ4n) is 0.537. The summed E-state index contributed by atoms with van der Waals surface area (Å²) in [5.74, 6) is 0. The molecule has 10 heavy (non-hydrogen) atoms. The summed E-state index contributed by atoms with van der Waals surface area (Å²) >= 11 is 3.32. The van der Waals surface area contributed by atoms with Gasteiger partial charge in [-0.05, 0) is 5.57 Å². The zero-order chi connectivity index (χ0) is 5.98. The Morgan fingerprint density at radius 2 is 2.00 bits per heavy atom. The normalized spacial score (nSPS) is 14.9. The number of hydrogen-bond donors (Lipinski definition) is 0. The van der Waals surface area contributed by atoms with Crippen LogP contribution in [0.4, 0.5) is 0 Å². The third-order valence-electron chi connectivity index (χ3n) is 0.889. The quantitative estimate of drug-likeness (QED) is 0.534. The first kappa shape index (κ1) is 13.4. The van der Waals surface area contributed by atoms with Gasteiger partial charge in [0.2, 0.25) is 0 Å². The standard InChI is InChI=1S/C7H6Br.BrH.Zn/c1-6-3-2-4-7(8)5-6;;/h2-5H,1H2;1H;/p-1.